The predicted molar refractivity (Wildman–Crippen MR) is 44.4 cm³/mol. The topological polar surface area (TPSA) is 40.5 Å². The summed E-state index contributed by atoms with van der Waals surface area (Å²) in [6.07, 6.45) is 4.04. The van der Waals surface area contributed by atoms with Gasteiger partial charge >= 0.3 is 0 Å². The zero-order valence-corrected chi connectivity index (χ0v) is 7.19. The molecule has 2 heteroatoms. The van der Waals surface area contributed by atoms with Crippen molar-refractivity contribution in [3.8, 4) is 0 Å². The van der Waals surface area contributed by atoms with Gasteiger partial charge in [-0.15, -0.1) is 0 Å². The smallest absolute Gasteiger partial charge is 0.0832 e. The molecule has 0 saturated heterocycles. The minimum atomic E-state index is -0.414. The van der Waals surface area contributed by atoms with Crippen molar-refractivity contribution in [2.24, 2.45) is 23.7 Å². The van der Waals surface area contributed by atoms with Gasteiger partial charge in [0.15, 0.2) is 0 Å². The Balaban J connectivity index is 1.90. The normalized spacial score (nSPS) is 62.5. The van der Waals surface area contributed by atoms with Gasteiger partial charge in [0.05, 0.1) is 12.2 Å². The number of aliphatic hydroxyl groups excluding tert-OH is 2. The van der Waals surface area contributed by atoms with Gasteiger partial charge in [0.1, 0.15) is 0 Å². The van der Waals surface area contributed by atoms with Crippen molar-refractivity contribution in [2.75, 3.05) is 0 Å². The molecule has 2 nitrogen and oxygen atoms in total. The fourth-order valence-electron chi connectivity index (χ4n) is 4.01. The van der Waals surface area contributed by atoms with Crippen molar-refractivity contribution in [1.29, 1.82) is 0 Å². The lowest BCUT2D eigenvalue weighted by Gasteiger charge is -2.25. The van der Waals surface area contributed by atoms with Crippen LogP contribution in [-0.2, 0) is 0 Å². The number of aliphatic hydroxyl groups is 2. The molecule has 6 atom stereocenters. The maximum absolute atomic E-state index is 9.74. The van der Waals surface area contributed by atoms with Gasteiger partial charge in [-0.2, -0.15) is 0 Å². The summed E-state index contributed by atoms with van der Waals surface area (Å²) in [4.78, 5) is 0. The monoisotopic (exact) mass is 168 g/mol. The van der Waals surface area contributed by atoms with E-state index in [1.807, 2.05) is 0 Å². The van der Waals surface area contributed by atoms with Gasteiger partial charge < -0.3 is 10.2 Å². The summed E-state index contributed by atoms with van der Waals surface area (Å²) in [6, 6.07) is 0. The second-order valence-corrected chi connectivity index (χ2v) is 4.87. The maximum atomic E-state index is 9.74. The Morgan fingerprint density at radius 3 is 2.42 bits per heavy atom. The molecule has 3 saturated carbocycles. The van der Waals surface area contributed by atoms with Crippen molar-refractivity contribution in [3.63, 3.8) is 0 Å². The highest BCUT2D eigenvalue weighted by molar-refractivity contribution is 5.05. The van der Waals surface area contributed by atoms with Crippen LogP contribution in [-0.4, -0.2) is 22.4 Å². The van der Waals surface area contributed by atoms with Gasteiger partial charge in [0, 0.05) is 0 Å². The summed E-state index contributed by atoms with van der Waals surface area (Å²) in [7, 11) is 0. The Bertz CT molecular complexity index is 202. The highest BCUT2D eigenvalue weighted by Crippen LogP contribution is 2.58. The van der Waals surface area contributed by atoms with E-state index in [0.29, 0.717) is 11.8 Å². The average Bonchev–Trinajstić information content (AvgIpc) is 2.66. The molecule has 0 aromatic rings. The van der Waals surface area contributed by atoms with Crippen molar-refractivity contribution < 1.29 is 10.2 Å². The molecule has 0 heterocycles. The molecule has 3 fully saturated rings. The standard InChI is InChI=1S/C10H16O2/c11-8-4-7-5-1-2-6(3-5)9(7)10(8)12/h5-12H,1-4H2/t5?,6?,7?,8-,9?,10-/m1/s1. The molecule has 2 N–H and O–H groups in total. The van der Waals surface area contributed by atoms with E-state index < -0.39 is 12.2 Å². The zero-order chi connectivity index (χ0) is 8.29. The van der Waals surface area contributed by atoms with Gasteiger partial charge in [0.25, 0.3) is 0 Å². The van der Waals surface area contributed by atoms with Crippen LogP contribution in [0.3, 0.4) is 0 Å². The van der Waals surface area contributed by atoms with Crippen LogP contribution in [0.25, 0.3) is 0 Å². The molecule has 0 aromatic heterocycles. The van der Waals surface area contributed by atoms with Crippen LogP contribution in [0.4, 0.5) is 0 Å². The Morgan fingerprint density at radius 1 is 0.917 bits per heavy atom. The van der Waals surface area contributed by atoms with Gasteiger partial charge in [-0.05, 0) is 49.4 Å². The summed E-state index contributed by atoms with van der Waals surface area (Å²) < 4.78 is 0. The molecule has 0 spiro atoms. The first-order chi connectivity index (χ1) is 5.77. The lowest BCUT2D eigenvalue weighted by Crippen LogP contribution is -2.29. The first-order valence-electron chi connectivity index (χ1n) is 5.13. The van der Waals surface area contributed by atoms with E-state index in [9.17, 15) is 10.2 Å². The maximum Gasteiger partial charge on any atom is 0.0832 e. The highest BCUT2D eigenvalue weighted by Gasteiger charge is 2.55. The molecule has 3 aliphatic rings. The SMILES string of the molecule is O[C@@H]1CC2C3CCC(C3)C2[C@@H]1O. The fourth-order valence-corrected chi connectivity index (χ4v) is 4.01. The molecule has 68 valence electrons. The Hall–Kier alpha value is -0.0800. The van der Waals surface area contributed by atoms with Crippen molar-refractivity contribution in [3.05, 3.63) is 0 Å². The minimum Gasteiger partial charge on any atom is -0.390 e. The molecule has 4 unspecified atom stereocenters. The lowest BCUT2D eigenvalue weighted by atomic mass is 9.81. The number of rotatable bonds is 0. The zero-order valence-electron chi connectivity index (χ0n) is 7.19. The van der Waals surface area contributed by atoms with Crippen LogP contribution < -0.4 is 0 Å². The van der Waals surface area contributed by atoms with Gasteiger partial charge in [-0.3, -0.25) is 0 Å². The molecule has 3 rings (SSSR count). The second-order valence-electron chi connectivity index (χ2n) is 4.87. The molecule has 2 bridgehead atoms. The third kappa shape index (κ3) is 0.728. The van der Waals surface area contributed by atoms with E-state index in [1.165, 1.54) is 19.3 Å². The third-order valence-corrected chi connectivity index (χ3v) is 4.46. The van der Waals surface area contributed by atoms with E-state index >= 15 is 0 Å². The lowest BCUT2D eigenvalue weighted by molar-refractivity contribution is 0.00654. The average molecular weight is 168 g/mol. The number of hydrogen-bond donors (Lipinski definition) is 2. The summed E-state index contributed by atoms with van der Waals surface area (Å²) in [6.45, 7) is 0. The minimum absolute atomic E-state index is 0.398. The van der Waals surface area contributed by atoms with Crippen LogP contribution in [0, 0.1) is 23.7 Å². The first kappa shape index (κ1) is 7.34. The summed E-state index contributed by atoms with van der Waals surface area (Å²) in [5.41, 5.74) is 0. The predicted octanol–water partition coefficient (Wildman–Crippen LogP) is 0.774. The van der Waals surface area contributed by atoms with Crippen molar-refractivity contribution in [1.82, 2.24) is 0 Å². The summed E-state index contributed by atoms with van der Waals surface area (Å²) in [5.74, 6) is 2.70. The molecule has 0 aliphatic heterocycles. The molecule has 3 aliphatic carbocycles. The third-order valence-electron chi connectivity index (χ3n) is 4.46. The second kappa shape index (κ2) is 2.24. The quantitative estimate of drug-likeness (QED) is 0.561. The van der Waals surface area contributed by atoms with Crippen LogP contribution in [0.2, 0.25) is 0 Å². The van der Waals surface area contributed by atoms with Crippen molar-refractivity contribution >= 4 is 0 Å². The van der Waals surface area contributed by atoms with Crippen LogP contribution in [0.15, 0.2) is 0 Å². The van der Waals surface area contributed by atoms with Crippen LogP contribution in [0.1, 0.15) is 25.7 Å². The van der Waals surface area contributed by atoms with Gasteiger partial charge in [-0.1, -0.05) is 0 Å². The van der Waals surface area contributed by atoms with E-state index in [4.69, 9.17) is 0 Å². The molecular weight excluding hydrogens is 152 g/mol. The summed E-state index contributed by atoms with van der Waals surface area (Å²) in [5, 5.41) is 19.3. The molecule has 0 aromatic carbocycles. The Labute approximate surface area is 72.6 Å². The van der Waals surface area contributed by atoms with Crippen LogP contribution >= 0.6 is 0 Å². The van der Waals surface area contributed by atoms with Crippen LogP contribution in [0.5, 0.6) is 0 Å². The largest absolute Gasteiger partial charge is 0.390 e. The Kier molecular flexibility index (Phi) is 1.37. The molecule has 12 heavy (non-hydrogen) atoms. The van der Waals surface area contributed by atoms with Crippen molar-refractivity contribution in [2.45, 2.75) is 37.9 Å². The number of fused-ring (bicyclic) bond motifs is 5. The first-order valence-corrected chi connectivity index (χ1v) is 5.13. The van der Waals surface area contributed by atoms with E-state index in [1.54, 1.807) is 0 Å². The number of hydrogen-bond acceptors (Lipinski definition) is 2. The highest BCUT2D eigenvalue weighted by atomic mass is 16.3. The Morgan fingerprint density at radius 2 is 1.67 bits per heavy atom. The fraction of sp³-hybridized carbons (Fsp3) is 1.00. The van der Waals surface area contributed by atoms with Gasteiger partial charge in [0.2, 0.25) is 0 Å². The summed E-state index contributed by atoms with van der Waals surface area (Å²) >= 11 is 0. The molecular formula is C10H16O2. The molecule has 0 radical (unpaired) electrons. The molecule has 0 amide bonds. The van der Waals surface area contributed by atoms with E-state index in [2.05, 4.69) is 0 Å². The van der Waals surface area contributed by atoms with Gasteiger partial charge in [-0.25, -0.2) is 0 Å². The van der Waals surface area contributed by atoms with E-state index in [-0.39, 0.29) is 0 Å². The van der Waals surface area contributed by atoms with E-state index in [0.717, 1.165) is 18.3 Å².